The molecule has 1 aromatic heterocycles. The average Bonchev–Trinajstić information content (AvgIpc) is 2.76. The maximum atomic E-state index is 4.39. The number of hydrogen-bond donors (Lipinski definition) is 0. The number of aromatic nitrogens is 2. The topological polar surface area (TPSA) is 17.8 Å². The Hall–Kier alpha value is -1.83. The van der Waals surface area contributed by atoms with Gasteiger partial charge in [-0.05, 0) is 49.0 Å². The zero-order valence-corrected chi connectivity index (χ0v) is 11.0. The van der Waals surface area contributed by atoms with Gasteiger partial charge in [-0.1, -0.05) is 23.8 Å². The lowest BCUT2D eigenvalue weighted by atomic mass is 9.86. The Morgan fingerprint density at radius 2 is 2.17 bits per heavy atom. The maximum absolute atomic E-state index is 4.39. The summed E-state index contributed by atoms with van der Waals surface area (Å²) < 4.78 is 1.99. The molecule has 0 atom stereocenters. The second-order valence-corrected chi connectivity index (χ2v) is 5.15. The number of aryl methyl sites for hydroxylation is 3. The van der Waals surface area contributed by atoms with Crippen LogP contribution in [0.5, 0.6) is 0 Å². The minimum Gasteiger partial charge on any atom is -0.340 e. The first-order chi connectivity index (χ1) is 8.72. The number of fused-ring (bicyclic) bond motifs is 1. The Balaban J connectivity index is 2.05. The first-order valence-electron chi connectivity index (χ1n) is 6.51. The third-order valence-corrected chi connectivity index (χ3v) is 3.55. The van der Waals surface area contributed by atoms with Gasteiger partial charge in [0.2, 0.25) is 0 Å². The highest BCUT2D eigenvalue weighted by Gasteiger charge is 2.14. The van der Waals surface area contributed by atoms with E-state index in [0.29, 0.717) is 0 Å². The van der Waals surface area contributed by atoms with E-state index in [2.05, 4.69) is 42.4 Å². The highest BCUT2D eigenvalue weighted by Crippen LogP contribution is 2.32. The van der Waals surface area contributed by atoms with Crippen LogP contribution in [0.1, 0.15) is 35.2 Å². The van der Waals surface area contributed by atoms with Crippen molar-refractivity contribution < 1.29 is 0 Å². The summed E-state index contributed by atoms with van der Waals surface area (Å²) in [5.41, 5.74) is 6.73. The molecular formula is C16H18N2. The van der Waals surface area contributed by atoms with Crippen LogP contribution in [-0.4, -0.2) is 9.55 Å². The van der Waals surface area contributed by atoms with Crippen molar-refractivity contribution in [2.75, 3.05) is 0 Å². The third kappa shape index (κ3) is 2.10. The van der Waals surface area contributed by atoms with Crippen molar-refractivity contribution in [3.63, 3.8) is 0 Å². The zero-order chi connectivity index (χ0) is 12.5. The molecule has 0 fully saturated rings. The number of imidazole rings is 1. The monoisotopic (exact) mass is 238 g/mol. The van der Waals surface area contributed by atoms with Crippen LogP contribution in [0, 0.1) is 6.92 Å². The molecule has 1 aliphatic carbocycles. The summed E-state index contributed by atoms with van der Waals surface area (Å²) in [5.74, 6) is 0. The molecule has 2 heteroatoms. The quantitative estimate of drug-likeness (QED) is 0.742. The van der Waals surface area contributed by atoms with E-state index in [0.717, 1.165) is 12.1 Å². The number of allylic oxidation sites excluding steroid dienone is 1. The van der Waals surface area contributed by atoms with Crippen LogP contribution in [0.4, 0.5) is 0 Å². The molecule has 0 bridgehead atoms. The van der Waals surface area contributed by atoms with Crippen LogP contribution < -0.4 is 0 Å². The fraction of sp³-hybridized carbons (Fsp3) is 0.312. The summed E-state index contributed by atoms with van der Waals surface area (Å²) in [6, 6.07) is 6.79. The van der Waals surface area contributed by atoms with E-state index in [4.69, 9.17) is 0 Å². The van der Waals surface area contributed by atoms with Crippen LogP contribution in [0.2, 0.25) is 0 Å². The number of benzene rings is 1. The van der Waals surface area contributed by atoms with Crippen molar-refractivity contribution in [1.29, 1.82) is 0 Å². The Morgan fingerprint density at radius 1 is 1.28 bits per heavy atom. The molecule has 2 nitrogen and oxygen atoms in total. The van der Waals surface area contributed by atoms with Crippen molar-refractivity contribution in [2.45, 2.75) is 26.2 Å². The van der Waals surface area contributed by atoms with Crippen LogP contribution in [0.25, 0.3) is 11.6 Å². The summed E-state index contributed by atoms with van der Waals surface area (Å²) in [7, 11) is 2.01. The molecule has 1 heterocycles. The normalized spacial score (nSPS) is 16.9. The standard InChI is InChI=1S/C16H18N2/c1-12-6-7-13-4-3-5-14(16(13)8-12)9-15-10-18(2)11-17-15/h6-11H,3-5H2,1-2H3/b14-9+. The molecule has 92 valence electrons. The minimum absolute atomic E-state index is 1.06. The van der Waals surface area contributed by atoms with E-state index in [-0.39, 0.29) is 0 Å². The van der Waals surface area contributed by atoms with Gasteiger partial charge in [-0.3, -0.25) is 0 Å². The summed E-state index contributed by atoms with van der Waals surface area (Å²) in [4.78, 5) is 4.39. The van der Waals surface area contributed by atoms with Crippen molar-refractivity contribution >= 4 is 11.6 Å². The van der Waals surface area contributed by atoms with Crippen LogP contribution in [0.15, 0.2) is 30.7 Å². The first kappa shape index (κ1) is 11.3. The molecule has 1 aliphatic rings. The lowest BCUT2D eigenvalue weighted by Crippen LogP contribution is -2.02. The fourth-order valence-corrected chi connectivity index (χ4v) is 2.65. The average molecular weight is 238 g/mol. The number of nitrogens with zero attached hydrogens (tertiary/aromatic N) is 2. The molecule has 0 aliphatic heterocycles. The van der Waals surface area contributed by atoms with E-state index in [1.165, 1.54) is 35.1 Å². The largest absolute Gasteiger partial charge is 0.340 e. The van der Waals surface area contributed by atoms with Gasteiger partial charge >= 0.3 is 0 Å². The number of rotatable bonds is 1. The minimum atomic E-state index is 1.06. The summed E-state index contributed by atoms with van der Waals surface area (Å²) in [6.45, 7) is 2.16. The fourth-order valence-electron chi connectivity index (χ4n) is 2.65. The third-order valence-electron chi connectivity index (χ3n) is 3.55. The van der Waals surface area contributed by atoms with Gasteiger partial charge < -0.3 is 4.57 Å². The van der Waals surface area contributed by atoms with Gasteiger partial charge in [0, 0.05) is 13.2 Å². The van der Waals surface area contributed by atoms with Crippen LogP contribution in [-0.2, 0) is 13.5 Å². The Morgan fingerprint density at radius 3 is 2.94 bits per heavy atom. The van der Waals surface area contributed by atoms with Gasteiger partial charge in [-0.2, -0.15) is 0 Å². The van der Waals surface area contributed by atoms with Crippen LogP contribution >= 0.6 is 0 Å². The van der Waals surface area contributed by atoms with Gasteiger partial charge in [0.25, 0.3) is 0 Å². The van der Waals surface area contributed by atoms with Gasteiger partial charge in [-0.25, -0.2) is 4.98 Å². The van der Waals surface area contributed by atoms with Gasteiger partial charge in [0.15, 0.2) is 0 Å². The Labute approximate surface area is 108 Å². The Bertz CT molecular complexity index is 605. The predicted octanol–water partition coefficient (Wildman–Crippen LogP) is 3.61. The lowest BCUT2D eigenvalue weighted by molar-refractivity contribution is 0.823. The molecule has 0 unspecified atom stereocenters. The van der Waals surface area contributed by atoms with Crippen molar-refractivity contribution in [3.05, 3.63) is 53.1 Å². The first-order valence-corrected chi connectivity index (χ1v) is 6.51. The van der Waals surface area contributed by atoms with Gasteiger partial charge in [-0.15, -0.1) is 0 Å². The molecule has 3 rings (SSSR count). The smallest absolute Gasteiger partial charge is 0.0950 e. The molecule has 0 N–H and O–H groups in total. The predicted molar refractivity (Wildman–Crippen MR) is 75.2 cm³/mol. The highest BCUT2D eigenvalue weighted by molar-refractivity contribution is 5.83. The summed E-state index contributed by atoms with van der Waals surface area (Å²) >= 11 is 0. The molecule has 1 aromatic carbocycles. The number of hydrogen-bond acceptors (Lipinski definition) is 1. The van der Waals surface area contributed by atoms with Crippen LogP contribution in [0.3, 0.4) is 0 Å². The summed E-state index contributed by atoms with van der Waals surface area (Å²) in [5, 5.41) is 0. The Kier molecular flexibility index (Phi) is 2.78. The van der Waals surface area contributed by atoms with E-state index < -0.39 is 0 Å². The maximum Gasteiger partial charge on any atom is 0.0950 e. The zero-order valence-electron chi connectivity index (χ0n) is 11.0. The second kappa shape index (κ2) is 4.45. The molecule has 0 saturated heterocycles. The van der Waals surface area contributed by atoms with Gasteiger partial charge in [0.1, 0.15) is 0 Å². The van der Waals surface area contributed by atoms with E-state index in [1.54, 1.807) is 0 Å². The van der Waals surface area contributed by atoms with Crippen molar-refractivity contribution in [3.8, 4) is 0 Å². The molecule has 0 saturated carbocycles. The van der Waals surface area contributed by atoms with E-state index in [1.807, 2.05) is 17.9 Å². The molecule has 18 heavy (non-hydrogen) atoms. The molecule has 0 spiro atoms. The lowest BCUT2D eigenvalue weighted by Gasteiger charge is -2.19. The molecule has 0 radical (unpaired) electrons. The van der Waals surface area contributed by atoms with Crippen molar-refractivity contribution in [1.82, 2.24) is 9.55 Å². The van der Waals surface area contributed by atoms with Gasteiger partial charge in [0.05, 0.1) is 12.0 Å². The van der Waals surface area contributed by atoms with Crippen molar-refractivity contribution in [2.24, 2.45) is 7.05 Å². The summed E-state index contributed by atoms with van der Waals surface area (Å²) in [6.07, 6.45) is 9.76. The SMILES string of the molecule is Cc1ccc2c(c1)/C(=C/c1cn(C)cn1)CCC2. The van der Waals surface area contributed by atoms with E-state index >= 15 is 0 Å². The second-order valence-electron chi connectivity index (χ2n) is 5.15. The molecule has 0 amide bonds. The molecular weight excluding hydrogens is 220 g/mol. The highest BCUT2D eigenvalue weighted by atomic mass is 15.0. The van der Waals surface area contributed by atoms with E-state index in [9.17, 15) is 0 Å². The molecule has 2 aromatic rings.